The molecule has 1 saturated heterocycles. The van der Waals surface area contributed by atoms with Crippen LogP contribution in [0.15, 0.2) is 24.3 Å². The van der Waals surface area contributed by atoms with Crippen LogP contribution in [0.25, 0.3) is 0 Å². The molecule has 0 unspecified atom stereocenters. The normalized spacial score (nSPS) is 17.2. The fourth-order valence-electron chi connectivity index (χ4n) is 2.59. The summed E-state index contributed by atoms with van der Waals surface area (Å²) in [6.07, 6.45) is 2.21. The molecule has 0 aromatic heterocycles. The lowest BCUT2D eigenvalue weighted by molar-refractivity contribution is -0.126. The van der Waals surface area contributed by atoms with E-state index in [4.69, 9.17) is 0 Å². The molecule has 1 aromatic carbocycles. The van der Waals surface area contributed by atoms with Crippen LogP contribution in [0.2, 0.25) is 0 Å². The highest BCUT2D eigenvalue weighted by Crippen LogP contribution is 2.26. The van der Waals surface area contributed by atoms with E-state index in [9.17, 15) is 14.4 Å². The van der Waals surface area contributed by atoms with Crippen molar-refractivity contribution in [2.45, 2.75) is 33.1 Å². The van der Waals surface area contributed by atoms with Gasteiger partial charge >= 0.3 is 0 Å². The van der Waals surface area contributed by atoms with Gasteiger partial charge in [-0.15, -0.1) is 0 Å². The zero-order valence-corrected chi connectivity index (χ0v) is 13.6. The van der Waals surface area contributed by atoms with Crippen LogP contribution >= 0.6 is 0 Å². The molecule has 2 N–H and O–H groups in total. The minimum atomic E-state index is -0.297. The molecule has 1 heterocycles. The number of hydrogen-bond donors (Lipinski definition) is 2. The molecule has 0 aliphatic carbocycles. The molecule has 6 nitrogen and oxygen atoms in total. The largest absolute Gasteiger partial charge is 0.356 e. The van der Waals surface area contributed by atoms with Gasteiger partial charge in [-0.1, -0.05) is 13.3 Å². The molecule has 0 radical (unpaired) electrons. The molecule has 124 valence electrons. The molecule has 2 rings (SSSR count). The summed E-state index contributed by atoms with van der Waals surface area (Å²) in [6, 6.07) is 7.05. The van der Waals surface area contributed by atoms with Gasteiger partial charge in [0.05, 0.1) is 5.92 Å². The highest BCUT2D eigenvalue weighted by Gasteiger charge is 2.34. The maximum absolute atomic E-state index is 12.2. The SMILES string of the molecule is CCCCNC(=O)[C@@H]1CC(=O)N(c2ccc(NC(C)=O)cc2)C1. The summed E-state index contributed by atoms with van der Waals surface area (Å²) in [5, 5.41) is 5.57. The third kappa shape index (κ3) is 4.55. The Morgan fingerprint density at radius 3 is 2.57 bits per heavy atom. The number of carbonyl (C=O) groups excluding carboxylic acids is 3. The average Bonchev–Trinajstić information content (AvgIpc) is 2.90. The third-order valence-corrected chi connectivity index (χ3v) is 3.82. The number of hydrogen-bond acceptors (Lipinski definition) is 3. The smallest absolute Gasteiger partial charge is 0.227 e. The molecule has 1 aromatic rings. The maximum Gasteiger partial charge on any atom is 0.227 e. The number of rotatable bonds is 6. The Morgan fingerprint density at radius 1 is 1.26 bits per heavy atom. The summed E-state index contributed by atoms with van der Waals surface area (Å²) in [5.74, 6) is -0.537. The second-order valence-electron chi connectivity index (χ2n) is 5.78. The molecule has 0 spiro atoms. The number of benzene rings is 1. The summed E-state index contributed by atoms with van der Waals surface area (Å²) < 4.78 is 0. The second-order valence-corrected chi connectivity index (χ2v) is 5.78. The number of unbranched alkanes of at least 4 members (excludes halogenated alkanes) is 1. The van der Waals surface area contributed by atoms with Gasteiger partial charge in [0.15, 0.2) is 0 Å². The molecule has 1 fully saturated rings. The second kappa shape index (κ2) is 7.76. The van der Waals surface area contributed by atoms with Crippen molar-refractivity contribution in [3.63, 3.8) is 0 Å². The van der Waals surface area contributed by atoms with Crippen molar-refractivity contribution in [1.82, 2.24) is 5.32 Å². The Bertz CT molecular complexity index is 583. The molecule has 6 heteroatoms. The summed E-state index contributed by atoms with van der Waals surface area (Å²) in [6.45, 7) is 4.57. The Morgan fingerprint density at radius 2 is 1.96 bits per heavy atom. The first-order valence-electron chi connectivity index (χ1n) is 7.97. The van der Waals surface area contributed by atoms with Crippen LogP contribution in [0.5, 0.6) is 0 Å². The van der Waals surface area contributed by atoms with Crippen LogP contribution in [0, 0.1) is 5.92 Å². The molecule has 1 aliphatic rings. The Labute approximate surface area is 136 Å². The maximum atomic E-state index is 12.2. The number of nitrogens with zero attached hydrogens (tertiary/aromatic N) is 1. The first-order valence-corrected chi connectivity index (χ1v) is 7.97. The van der Waals surface area contributed by atoms with E-state index in [-0.39, 0.29) is 30.1 Å². The predicted octanol–water partition coefficient (Wildman–Crippen LogP) is 1.91. The fraction of sp³-hybridized carbons (Fsp3) is 0.471. The number of carbonyl (C=O) groups is 3. The van der Waals surface area contributed by atoms with Crippen molar-refractivity contribution in [3.05, 3.63) is 24.3 Å². The monoisotopic (exact) mass is 317 g/mol. The van der Waals surface area contributed by atoms with Crippen LogP contribution in [-0.2, 0) is 14.4 Å². The number of nitrogens with one attached hydrogen (secondary N) is 2. The van der Waals surface area contributed by atoms with Gasteiger partial charge in [-0.25, -0.2) is 0 Å². The minimum absolute atomic E-state index is 0.0482. The van der Waals surface area contributed by atoms with Crippen LogP contribution in [0.1, 0.15) is 33.1 Å². The van der Waals surface area contributed by atoms with Crippen molar-refractivity contribution < 1.29 is 14.4 Å². The van der Waals surface area contributed by atoms with E-state index < -0.39 is 0 Å². The highest BCUT2D eigenvalue weighted by molar-refractivity contribution is 6.00. The van der Waals surface area contributed by atoms with Gasteiger partial charge in [0.25, 0.3) is 0 Å². The van der Waals surface area contributed by atoms with Gasteiger partial charge in [0, 0.05) is 37.8 Å². The van der Waals surface area contributed by atoms with Crippen LogP contribution < -0.4 is 15.5 Å². The van der Waals surface area contributed by atoms with E-state index in [0.29, 0.717) is 18.8 Å². The summed E-state index contributed by atoms with van der Waals surface area (Å²) >= 11 is 0. The van der Waals surface area contributed by atoms with Gasteiger partial charge in [-0.05, 0) is 30.7 Å². The van der Waals surface area contributed by atoms with Crippen molar-refractivity contribution in [2.75, 3.05) is 23.3 Å². The van der Waals surface area contributed by atoms with Crippen molar-refractivity contribution in [1.29, 1.82) is 0 Å². The van der Waals surface area contributed by atoms with Gasteiger partial charge in [0.1, 0.15) is 0 Å². The van der Waals surface area contributed by atoms with Gasteiger partial charge < -0.3 is 15.5 Å². The van der Waals surface area contributed by atoms with E-state index in [1.807, 2.05) is 0 Å². The molecule has 23 heavy (non-hydrogen) atoms. The molecular weight excluding hydrogens is 294 g/mol. The molecule has 1 atom stereocenters. The summed E-state index contributed by atoms with van der Waals surface area (Å²) in [4.78, 5) is 36.9. The first kappa shape index (κ1) is 17.0. The van der Waals surface area contributed by atoms with Gasteiger partial charge in [0.2, 0.25) is 17.7 Å². The summed E-state index contributed by atoms with van der Waals surface area (Å²) in [7, 11) is 0. The predicted molar refractivity (Wildman–Crippen MR) is 89.1 cm³/mol. The van der Waals surface area contributed by atoms with Gasteiger partial charge in [-0.2, -0.15) is 0 Å². The fourth-order valence-corrected chi connectivity index (χ4v) is 2.59. The lowest BCUT2D eigenvalue weighted by Gasteiger charge is -2.17. The third-order valence-electron chi connectivity index (χ3n) is 3.82. The van der Waals surface area contributed by atoms with E-state index in [0.717, 1.165) is 18.5 Å². The average molecular weight is 317 g/mol. The number of anilines is 2. The lowest BCUT2D eigenvalue weighted by Crippen LogP contribution is -2.33. The Kier molecular flexibility index (Phi) is 5.73. The van der Waals surface area contributed by atoms with E-state index in [2.05, 4.69) is 17.6 Å². The Balaban J connectivity index is 1.97. The highest BCUT2D eigenvalue weighted by atomic mass is 16.2. The standard InChI is InChI=1S/C17H23N3O3/c1-3-4-9-18-17(23)13-10-16(22)20(11-13)15-7-5-14(6-8-15)19-12(2)21/h5-8,13H,3-4,9-11H2,1-2H3,(H,18,23)(H,19,21)/t13-/m1/s1. The molecule has 0 saturated carbocycles. The van der Waals surface area contributed by atoms with E-state index >= 15 is 0 Å². The van der Waals surface area contributed by atoms with Crippen LogP contribution in [0.3, 0.4) is 0 Å². The van der Waals surface area contributed by atoms with Crippen molar-refractivity contribution in [2.24, 2.45) is 5.92 Å². The molecule has 1 aliphatic heterocycles. The zero-order chi connectivity index (χ0) is 16.8. The van der Waals surface area contributed by atoms with Gasteiger partial charge in [-0.3, -0.25) is 14.4 Å². The van der Waals surface area contributed by atoms with Crippen molar-refractivity contribution in [3.8, 4) is 0 Å². The molecular formula is C17H23N3O3. The summed E-state index contributed by atoms with van der Waals surface area (Å²) in [5.41, 5.74) is 1.43. The van der Waals surface area contributed by atoms with E-state index in [1.54, 1.807) is 29.2 Å². The number of amides is 3. The quantitative estimate of drug-likeness (QED) is 0.787. The molecule has 3 amide bonds. The van der Waals surface area contributed by atoms with Crippen LogP contribution in [0.4, 0.5) is 11.4 Å². The minimum Gasteiger partial charge on any atom is -0.356 e. The molecule has 0 bridgehead atoms. The van der Waals surface area contributed by atoms with E-state index in [1.165, 1.54) is 6.92 Å². The van der Waals surface area contributed by atoms with Crippen molar-refractivity contribution >= 4 is 29.1 Å². The first-order chi connectivity index (χ1) is 11.0. The topological polar surface area (TPSA) is 78.5 Å². The Hall–Kier alpha value is -2.37. The lowest BCUT2D eigenvalue weighted by atomic mass is 10.1. The zero-order valence-electron chi connectivity index (χ0n) is 13.6. The van der Waals surface area contributed by atoms with Crippen LogP contribution in [-0.4, -0.2) is 30.8 Å².